The van der Waals surface area contributed by atoms with E-state index in [0.717, 1.165) is 30.2 Å². The van der Waals surface area contributed by atoms with Crippen molar-refractivity contribution in [1.29, 1.82) is 0 Å². The molecule has 218 valence electrons. The third-order valence-electron chi connectivity index (χ3n) is 7.16. The molecule has 2 aromatic carbocycles. The fraction of sp³-hybridized carbons (Fsp3) is 0.407. The third-order valence-corrected chi connectivity index (χ3v) is 7.16. The fourth-order valence-electron chi connectivity index (χ4n) is 5.29. The molecule has 14 nitrogen and oxygen atoms in total. The summed E-state index contributed by atoms with van der Waals surface area (Å²) in [6, 6.07) is 8.71. The van der Waals surface area contributed by atoms with Crippen LogP contribution in [0.1, 0.15) is 28.8 Å². The van der Waals surface area contributed by atoms with Crippen LogP contribution >= 0.6 is 0 Å². The van der Waals surface area contributed by atoms with Gasteiger partial charge in [-0.15, -0.1) is 0 Å². The minimum absolute atomic E-state index is 0.0437. The highest BCUT2D eigenvalue weighted by molar-refractivity contribution is 6.06. The lowest BCUT2D eigenvalue weighted by Crippen LogP contribution is -2.54. The largest absolute Gasteiger partial charge is 0.508 e. The van der Waals surface area contributed by atoms with E-state index >= 15 is 0 Å². The van der Waals surface area contributed by atoms with Crippen molar-refractivity contribution in [1.82, 2.24) is 15.0 Å². The number of phenols is 2. The molecule has 2 aliphatic rings. The summed E-state index contributed by atoms with van der Waals surface area (Å²) < 4.78 is 0. The smallest absolute Gasteiger partial charge is 0.259 e. The SMILES string of the molecule is Cc1cc(NC(=O)c2ccc(O)cc2O)ccc1Nc1nc(N2C[C@H](N)C[C@H](N)C2)nc(N2C[C@H](N)C[C@H](N)C2)n1. The number of nitrogens with zero attached hydrogens (tertiary/aromatic N) is 5. The second-order valence-corrected chi connectivity index (χ2v) is 10.9. The highest BCUT2D eigenvalue weighted by atomic mass is 16.3. The number of piperidine rings is 2. The molecule has 2 fully saturated rings. The lowest BCUT2D eigenvalue weighted by atomic mass is 10.0. The lowest BCUT2D eigenvalue weighted by Gasteiger charge is -2.37. The number of aromatic hydroxyl groups is 2. The number of hydrogen-bond acceptors (Lipinski definition) is 13. The Hall–Kier alpha value is -4.24. The highest BCUT2D eigenvalue weighted by Gasteiger charge is 2.29. The van der Waals surface area contributed by atoms with E-state index in [0.29, 0.717) is 49.7 Å². The van der Waals surface area contributed by atoms with Gasteiger partial charge < -0.3 is 53.6 Å². The number of anilines is 5. The molecule has 5 rings (SSSR count). The van der Waals surface area contributed by atoms with Crippen LogP contribution in [-0.2, 0) is 0 Å². The van der Waals surface area contributed by atoms with Crippen molar-refractivity contribution in [3.05, 3.63) is 47.5 Å². The summed E-state index contributed by atoms with van der Waals surface area (Å²) in [4.78, 5) is 30.8. The minimum atomic E-state index is -0.509. The van der Waals surface area contributed by atoms with Gasteiger partial charge in [-0.2, -0.15) is 15.0 Å². The molecule has 3 heterocycles. The predicted molar refractivity (Wildman–Crippen MR) is 158 cm³/mol. The number of benzene rings is 2. The summed E-state index contributed by atoms with van der Waals surface area (Å²) in [5.41, 5.74) is 27.1. The monoisotopic (exact) mass is 563 g/mol. The van der Waals surface area contributed by atoms with Gasteiger partial charge in [0.2, 0.25) is 17.8 Å². The second kappa shape index (κ2) is 11.7. The van der Waals surface area contributed by atoms with Crippen molar-refractivity contribution in [2.45, 2.75) is 43.9 Å². The van der Waals surface area contributed by atoms with Crippen molar-refractivity contribution in [3.63, 3.8) is 0 Å². The van der Waals surface area contributed by atoms with E-state index in [2.05, 4.69) is 10.6 Å². The second-order valence-electron chi connectivity index (χ2n) is 10.9. The van der Waals surface area contributed by atoms with Crippen LogP contribution in [0.3, 0.4) is 0 Å². The number of nitrogens with two attached hydrogens (primary N) is 4. The maximum atomic E-state index is 12.7. The van der Waals surface area contributed by atoms with E-state index in [-0.39, 0.29) is 41.2 Å². The van der Waals surface area contributed by atoms with Crippen molar-refractivity contribution in [3.8, 4) is 11.5 Å². The Morgan fingerprint density at radius 3 is 1.90 bits per heavy atom. The first-order chi connectivity index (χ1) is 19.5. The Balaban J connectivity index is 1.40. The van der Waals surface area contributed by atoms with Gasteiger partial charge in [-0.3, -0.25) is 4.79 Å². The summed E-state index contributed by atoms with van der Waals surface area (Å²) in [6.45, 7) is 4.16. The number of aryl methyl sites for hydroxylation is 1. The van der Waals surface area contributed by atoms with Crippen LogP contribution in [0.15, 0.2) is 36.4 Å². The molecule has 4 atom stereocenters. The summed E-state index contributed by atoms with van der Waals surface area (Å²) >= 11 is 0. The Morgan fingerprint density at radius 1 is 0.829 bits per heavy atom. The van der Waals surface area contributed by atoms with Gasteiger partial charge in [-0.25, -0.2) is 0 Å². The van der Waals surface area contributed by atoms with E-state index in [4.69, 9.17) is 37.9 Å². The van der Waals surface area contributed by atoms with Crippen LogP contribution in [0.4, 0.5) is 29.2 Å². The van der Waals surface area contributed by atoms with Gasteiger partial charge in [0.05, 0.1) is 5.56 Å². The maximum absolute atomic E-state index is 12.7. The average molecular weight is 564 g/mol. The molecule has 0 bridgehead atoms. The number of aromatic nitrogens is 3. The fourth-order valence-corrected chi connectivity index (χ4v) is 5.29. The number of nitrogens with one attached hydrogen (secondary N) is 2. The van der Waals surface area contributed by atoms with Crippen molar-refractivity contribution < 1.29 is 15.0 Å². The van der Waals surface area contributed by atoms with E-state index < -0.39 is 5.91 Å². The normalized spacial score (nSPS) is 22.9. The number of carbonyl (C=O) groups is 1. The van der Waals surface area contributed by atoms with E-state index in [9.17, 15) is 15.0 Å². The Bertz CT molecular complexity index is 1360. The molecule has 0 unspecified atom stereocenters. The molecule has 0 saturated carbocycles. The molecule has 2 aliphatic heterocycles. The molecule has 41 heavy (non-hydrogen) atoms. The van der Waals surface area contributed by atoms with Crippen molar-refractivity contribution in [2.24, 2.45) is 22.9 Å². The zero-order valence-electron chi connectivity index (χ0n) is 22.9. The Morgan fingerprint density at radius 2 is 1.39 bits per heavy atom. The number of amides is 1. The Labute approximate surface area is 237 Å². The van der Waals surface area contributed by atoms with E-state index in [1.807, 2.05) is 16.7 Å². The summed E-state index contributed by atoms with van der Waals surface area (Å²) in [7, 11) is 0. The van der Waals surface area contributed by atoms with Crippen LogP contribution < -0.4 is 43.4 Å². The van der Waals surface area contributed by atoms with Crippen LogP contribution in [0.5, 0.6) is 11.5 Å². The van der Waals surface area contributed by atoms with Crippen molar-refractivity contribution >= 4 is 35.1 Å². The first-order valence-corrected chi connectivity index (χ1v) is 13.5. The lowest BCUT2D eigenvalue weighted by molar-refractivity contribution is 0.102. The van der Waals surface area contributed by atoms with Gasteiger partial charge in [-0.1, -0.05) is 0 Å². The molecule has 0 spiro atoms. The van der Waals surface area contributed by atoms with E-state index in [1.54, 1.807) is 18.2 Å². The van der Waals surface area contributed by atoms with Crippen LogP contribution in [0.2, 0.25) is 0 Å². The maximum Gasteiger partial charge on any atom is 0.259 e. The third kappa shape index (κ3) is 6.74. The quantitative estimate of drug-likeness (QED) is 0.202. The summed E-state index contributed by atoms with van der Waals surface area (Å²) in [6.07, 6.45) is 1.45. The number of phenolic OH excluding ortho intramolecular Hbond substituents is 2. The summed E-state index contributed by atoms with van der Waals surface area (Å²) in [5.74, 6) is 0.304. The molecular formula is C27H37N11O3. The number of carbonyl (C=O) groups excluding carboxylic acids is 1. The van der Waals surface area contributed by atoms with Gasteiger partial charge in [0, 0.05) is 67.8 Å². The topological polar surface area (TPSA) is 231 Å². The molecule has 1 amide bonds. The molecule has 0 aliphatic carbocycles. The minimum Gasteiger partial charge on any atom is -0.508 e. The van der Waals surface area contributed by atoms with Gasteiger partial charge in [0.1, 0.15) is 11.5 Å². The highest BCUT2D eigenvalue weighted by Crippen LogP contribution is 2.28. The van der Waals surface area contributed by atoms with Crippen LogP contribution in [0, 0.1) is 6.92 Å². The number of rotatable bonds is 6. The Kier molecular flexibility index (Phi) is 8.08. The molecule has 12 N–H and O–H groups in total. The van der Waals surface area contributed by atoms with Crippen molar-refractivity contribution in [2.75, 3.05) is 46.6 Å². The molecule has 2 saturated heterocycles. The zero-order valence-corrected chi connectivity index (χ0v) is 22.9. The summed E-state index contributed by atoms with van der Waals surface area (Å²) in [5, 5.41) is 25.5. The average Bonchev–Trinajstić information content (AvgIpc) is 2.89. The molecule has 0 radical (unpaired) electrons. The zero-order chi connectivity index (χ0) is 29.3. The van der Waals surface area contributed by atoms with Crippen LogP contribution in [0.25, 0.3) is 0 Å². The predicted octanol–water partition coefficient (Wildman–Crippen LogP) is 0.317. The molecule has 1 aromatic heterocycles. The van der Waals surface area contributed by atoms with Gasteiger partial charge in [-0.05, 0) is 55.7 Å². The first kappa shape index (κ1) is 28.3. The first-order valence-electron chi connectivity index (χ1n) is 13.5. The van der Waals surface area contributed by atoms with Crippen LogP contribution in [-0.4, -0.2) is 81.4 Å². The van der Waals surface area contributed by atoms with Gasteiger partial charge >= 0.3 is 0 Å². The van der Waals surface area contributed by atoms with Gasteiger partial charge in [0.15, 0.2) is 0 Å². The molecule has 14 heteroatoms. The standard InChI is InChI=1S/C27H37N11O3/c1-14-6-19(32-24(41)21-4-3-20(39)9-23(21)40)2-5-22(14)33-25-34-26(37-10-15(28)7-16(29)11-37)36-27(35-25)38-12-17(30)8-18(31)13-38/h2-6,9,15-18,39-40H,7-8,10-13,28-31H2,1H3,(H,32,41)(H,33,34,35,36)/t15-,16+,17-,18+. The van der Waals surface area contributed by atoms with E-state index in [1.165, 1.54) is 12.1 Å². The van der Waals surface area contributed by atoms with Gasteiger partial charge in [0.25, 0.3) is 5.91 Å². The number of hydrogen-bond donors (Lipinski definition) is 8. The molecular weight excluding hydrogens is 526 g/mol. The molecule has 3 aromatic rings.